The van der Waals surface area contributed by atoms with Gasteiger partial charge < -0.3 is 9.47 Å². The Hall–Kier alpha value is -1.51. The monoisotopic (exact) mass is 488 g/mol. The smallest absolute Gasteiger partial charge is 0.240 e. The lowest BCUT2D eigenvalue weighted by atomic mass is 9.98. The lowest BCUT2D eigenvalue weighted by molar-refractivity contribution is 0.248. The van der Waals surface area contributed by atoms with E-state index in [9.17, 15) is 8.42 Å². The van der Waals surface area contributed by atoms with Crippen molar-refractivity contribution in [3.05, 3.63) is 52.0 Å². The lowest BCUT2D eigenvalue weighted by Crippen LogP contribution is -2.32. The zero-order valence-electron chi connectivity index (χ0n) is 18.1. The average Bonchev–Trinajstić information content (AvgIpc) is 2.74. The van der Waals surface area contributed by atoms with Crippen LogP contribution >= 0.6 is 24.0 Å². The van der Waals surface area contributed by atoms with Crippen LogP contribution in [-0.2, 0) is 23.0 Å². The van der Waals surface area contributed by atoms with Gasteiger partial charge in [0.1, 0.15) is 0 Å². The quantitative estimate of drug-likeness (QED) is 0.535. The Morgan fingerprint density at radius 2 is 1.77 bits per heavy atom. The first-order chi connectivity index (χ1) is 14.4. The topological polar surface area (TPSA) is 67.9 Å². The number of hydrogen-bond acceptors (Lipinski definition) is 5. The summed E-state index contributed by atoms with van der Waals surface area (Å²) in [6, 6.07) is 9.05. The summed E-state index contributed by atoms with van der Waals surface area (Å²) in [6.45, 7) is 4.89. The minimum atomic E-state index is -3.55. The second-order valence-corrected chi connectivity index (χ2v) is 9.61. The summed E-state index contributed by atoms with van der Waals surface area (Å²) in [6.07, 6.45) is 2.66. The molecule has 0 fully saturated rings. The molecule has 6 nitrogen and oxygen atoms in total. The van der Waals surface area contributed by atoms with Gasteiger partial charge in [-0.2, -0.15) is 0 Å². The van der Waals surface area contributed by atoms with Gasteiger partial charge in [0.25, 0.3) is 0 Å². The second kappa shape index (κ2) is 11.4. The van der Waals surface area contributed by atoms with Crippen LogP contribution < -0.4 is 14.2 Å². The van der Waals surface area contributed by atoms with Crippen molar-refractivity contribution in [1.29, 1.82) is 0 Å². The van der Waals surface area contributed by atoms with Crippen molar-refractivity contribution in [3.8, 4) is 11.5 Å². The fourth-order valence-corrected chi connectivity index (χ4v) is 5.33. The van der Waals surface area contributed by atoms with E-state index in [-0.39, 0.29) is 17.3 Å². The van der Waals surface area contributed by atoms with E-state index < -0.39 is 10.0 Å². The number of nitrogens with one attached hydrogen (secondary N) is 1. The molecular weight excluding hydrogens is 459 g/mol. The summed E-state index contributed by atoms with van der Waals surface area (Å²) >= 11 is 6.05. The molecule has 9 heteroatoms. The third-order valence-electron chi connectivity index (χ3n) is 5.50. The number of hydrogen-bond donors (Lipinski definition) is 1. The van der Waals surface area contributed by atoms with Crippen LogP contribution in [0.25, 0.3) is 0 Å². The fraction of sp³-hybridized carbons (Fsp3) is 0.455. The number of halogens is 2. The van der Waals surface area contributed by atoms with E-state index in [1.807, 2.05) is 0 Å². The molecule has 1 heterocycles. The van der Waals surface area contributed by atoms with E-state index in [1.54, 1.807) is 39.3 Å². The van der Waals surface area contributed by atoms with Crippen LogP contribution in [0.4, 0.5) is 0 Å². The molecule has 1 N–H and O–H groups in total. The molecule has 1 aliphatic rings. The predicted molar refractivity (Wildman–Crippen MR) is 126 cm³/mol. The first-order valence-corrected chi connectivity index (χ1v) is 11.9. The Labute approximate surface area is 196 Å². The molecule has 0 saturated carbocycles. The number of unbranched alkanes of at least 4 members (excludes halogenated alkanes) is 1. The minimum Gasteiger partial charge on any atom is -0.493 e. The van der Waals surface area contributed by atoms with Gasteiger partial charge in [-0.3, -0.25) is 4.90 Å². The van der Waals surface area contributed by atoms with E-state index in [0.717, 1.165) is 50.4 Å². The molecule has 0 atom stereocenters. The third-order valence-corrected chi connectivity index (χ3v) is 7.51. The normalized spacial score (nSPS) is 13.9. The maximum absolute atomic E-state index is 12.5. The molecule has 0 amide bonds. The summed E-state index contributed by atoms with van der Waals surface area (Å²) in [4.78, 5) is 2.64. The molecule has 0 unspecified atom stereocenters. The van der Waals surface area contributed by atoms with Crippen molar-refractivity contribution >= 4 is 34.0 Å². The molecule has 31 heavy (non-hydrogen) atoms. The lowest BCUT2D eigenvalue weighted by Gasteiger charge is -2.29. The molecule has 0 bridgehead atoms. The van der Waals surface area contributed by atoms with Gasteiger partial charge in [-0.15, -0.1) is 12.4 Å². The minimum absolute atomic E-state index is 0. The van der Waals surface area contributed by atoms with Crippen LogP contribution in [0.1, 0.15) is 29.5 Å². The maximum Gasteiger partial charge on any atom is 0.240 e. The predicted octanol–water partition coefficient (Wildman–Crippen LogP) is 4.20. The highest BCUT2D eigenvalue weighted by atomic mass is 35.5. The molecule has 0 aliphatic carbocycles. The molecular formula is C22H30Cl2N2O4S. The number of nitrogens with zero attached hydrogens (tertiary/aromatic N) is 1. The number of methoxy groups -OCH3 is 2. The van der Waals surface area contributed by atoms with Crippen LogP contribution in [0.3, 0.4) is 0 Å². The van der Waals surface area contributed by atoms with Gasteiger partial charge in [-0.1, -0.05) is 17.7 Å². The second-order valence-electron chi connectivity index (χ2n) is 7.47. The van der Waals surface area contributed by atoms with Crippen LogP contribution in [0.5, 0.6) is 11.5 Å². The first kappa shape index (κ1) is 25.7. The van der Waals surface area contributed by atoms with Crippen molar-refractivity contribution in [2.45, 2.75) is 37.6 Å². The molecule has 3 rings (SSSR count). The van der Waals surface area contributed by atoms with E-state index in [4.69, 9.17) is 21.1 Å². The van der Waals surface area contributed by atoms with Gasteiger partial charge in [0.2, 0.25) is 10.0 Å². The van der Waals surface area contributed by atoms with Gasteiger partial charge in [0.05, 0.1) is 19.1 Å². The maximum atomic E-state index is 12.5. The Morgan fingerprint density at radius 1 is 1.10 bits per heavy atom. The van der Waals surface area contributed by atoms with Crippen molar-refractivity contribution < 1.29 is 17.9 Å². The highest BCUT2D eigenvalue weighted by molar-refractivity contribution is 7.89. The molecule has 0 radical (unpaired) electrons. The highest BCUT2D eigenvalue weighted by Crippen LogP contribution is 2.33. The Balaban J connectivity index is 0.00000341. The van der Waals surface area contributed by atoms with Crippen molar-refractivity contribution in [2.75, 3.05) is 33.9 Å². The van der Waals surface area contributed by atoms with Gasteiger partial charge in [0.15, 0.2) is 11.5 Å². The van der Waals surface area contributed by atoms with E-state index in [1.165, 1.54) is 11.1 Å². The molecule has 1 aliphatic heterocycles. The summed E-state index contributed by atoms with van der Waals surface area (Å²) in [5, 5.41) is 0.456. The largest absolute Gasteiger partial charge is 0.493 e. The summed E-state index contributed by atoms with van der Waals surface area (Å²) in [5.41, 5.74) is 3.13. The number of sulfonamides is 1. The highest BCUT2D eigenvalue weighted by Gasteiger charge is 2.20. The number of fused-ring (bicyclic) bond motifs is 1. The van der Waals surface area contributed by atoms with Crippen molar-refractivity contribution in [2.24, 2.45) is 0 Å². The Kier molecular flexibility index (Phi) is 9.45. The molecule has 0 spiro atoms. The number of ether oxygens (including phenoxy) is 2. The third kappa shape index (κ3) is 6.26. The molecule has 172 valence electrons. The van der Waals surface area contributed by atoms with Crippen LogP contribution in [0, 0.1) is 6.92 Å². The Bertz CT molecular complexity index is 999. The van der Waals surface area contributed by atoms with E-state index >= 15 is 0 Å². The molecule has 2 aromatic carbocycles. The first-order valence-electron chi connectivity index (χ1n) is 10.1. The summed E-state index contributed by atoms with van der Waals surface area (Å²) < 4.78 is 38.5. The Morgan fingerprint density at radius 3 is 2.45 bits per heavy atom. The standard InChI is InChI=1S/C22H29ClN2O4S.ClH/c1-16-19(23)7-6-8-22(16)30(26,27)24-10-4-5-11-25-12-9-17-13-20(28-2)21(29-3)14-18(17)15-25;/h6-8,13-14,24H,4-5,9-12,15H2,1-3H3;1H. The molecule has 0 saturated heterocycles. The molecule has 0 aromatic heterocycles. The average molecular weight is 489 g/mol. The van der Waals surface area contributed by atoms with Gasteiger partial charge in [-0.25, -0.2) is 13.1 Å². The number of rotatable bonds is 9. The van der Waals surface area contributed by atoms with Crippen molar-refractivity contribution in [3.63, 3.8) is 0 Å². The molecule has 2 aromatic rings. The summed E-state index contributed by atoms with van der Waals surface area (Å²) in [7, 11) is -0.243. The van der Waals surface area contributed by atoms with Gasteiger partial charge in [0, 0.05) is 24.7 Å². The SMILES string of the molecule is COc1cc2c(cc1OC)CN(CCCCNS(=O)(=O)c1cccc(Cl)c1C)CC2.Cl. The zero-order chi connectivity index (χ0) is 21.7. The van der Waals surface area contributed by atoms with Gasteiger partial charge in [-0.05, 0) is 73.7 Å². The van der Waals surface area contributed by atoms with E-state index in [0.29, 0.717) is 17.1 Å². The van der Waals surface area contributed by atoms with Gasteiger partial charge >= 0.3 is 0 Å². The zero-order valence-corrected chi connectivity index (χ0v) is 20.5. The number of benzene rings is 2. The van der Waals surface area contributed by atoms with Crippen LogP contribution in [-0.4, -0.2) is 47.2 Å². The fourth-order valence-electron chi connectivity index (χ4n) is 3.76. The summed E-state index contributed by atoms with van der Waals surface area (Å²) in [5.74, 6) is 1.52. The van der Waals surface area contributed by atoms with Crippen LogP contribution in [0.2, 0.25) is 5.02 Å². The van der Waals surface area contributed by atoms with Crippen molar-refractivity contribution in [1.82, 2.24) is 9.62 Å². The van der Waals surface area contributed by atoms with Crippen LogP contribution in [0.15, 0.2) is 35.2 Å². The van der Waals surface area contributed by atoms with E-state index in [2.05, 4.69) is 21.8 Å².